The molecule has 1 aromatic heterocycles. The van der Waals surface area contributed by atoms with Gasteiger partial charge in [0.05, 0.1) is 0 Å². The number of hydrogen-bond donors (Lipinski definition) is 1. The monoisotopic (exact) mass is 220 g/mol. The van der Waals surface area contributed by atoms with E-state index in [0.29, 0.717) is 12.0 Å². The van der Waals surface area contributed by atoms with Crippen LogP contribution in [0.15, 0.2) is 6.20 Å². The molecule has 2 aliphatic rings. The maximum absolute atomic E-state index is 10.8. The molecule has 3 rings (SSSR count). The van der Waals surface area contributed by atoms with Crippen molar-refractivity contribution in [1.82, 2.24) is 9.55 Å². The minimum absolute atomic E-state index is 0.0587. The van der Waals surface area contributed by atoms with Crippen LogP contribution in [0.4, 0.5) is 0 Å². The molecule has 4 heteroatoms. The van der Waals surface area contributed by atoms with Crippen LogP contribution >= 0.6 is 0 Å². The first-order valence-electron chi connectivity index (χ1n) is 6.03. The van der Waals surface area contributed by atoms with E-state index in [0.717, 1.165) is 5.82 Å². The Kier molecular flexibility index (Phi) is 2.23. The van der Waals surface area contributed by atoms with E-state index in [1.54, 1.807) is 0 Å². The topological polar surface area (TPSA) is 55.1 Å². The molecule has 1 aromatic rings. The first-order chi connectivity index (χ1) is 7.75. The summed E-state index contributed by atoms with van der Waals surface area (Å²) in [6.07, 6.45) is 8.11. The van der Waals surface area contributed by atoms with Gasteiger partial charge in [0.25, 0.3) is 0 Å². The van der Waals surface area contributed by atoms with Crippen molar-refractivity contribution in [2.75, 3.05) is 0 Å². The zero-order valence-corrected chi connectivity index (χ0v) is 9.22. The number of aliphatic carboxylic acids is 1. The van der Waals surface area contributed by atoms with E-state index >= 15 is 0 Å². The Morgan fingerprint density at radius 2 is 2.19 bits per heavy atom. The molecule has 16 heavy (non-hydrogen) atoms. The number of carboxylic acids is 1. The maximum Gasteiger partial charge on any atom is 0.311 e. The number of rotatable bonds is 4. The van der Waals surface area contributed by atoms with E-state index in [1.165, 1.54) is 37.8 Å². The molecule has 86 valence electrons. The summed E-state index contributed by atoms with van der Waals surface area (Å²) in [4.78, 5) is 15.1. The van der Waals surface area contributed by atoms with Gasteiger partial charge in [-0.1, -0.05) is 6.42 Å². The molecule has 0 spiro atoms. The van der Waals surface area contributed by atoms with Gasteiger partial charge in [0, 0.05) is 23.9 Å². The van der Waals surface area contributed by atoms with Crippen LogP contribution in [-0.2, 0) is 11.2 Å². The Morgan fingerprint density at radius 1 is 1.44 bits per heavy atom. The molecule has 1 N–H and O–H groups in total. The lowest BCUT2D eigenvalue weighted by molar-refractivity contribution is -0.136. The fraction of sp³-hybridized carbons (Fsp3) is 0.667. The predicted molar refractivity (Wildman–Crippen MR) is 58.4 cm³/mol. The van der Waals surface area contributed by atoms with E-state index in [9.17, 15) is 4.79 Å². The van der Waals surface area contributed by atoms with Gasteiger partial charge in [0.2, 0.25) is 0 Å². The lowest BCUT2D eigenvalue weighted by Gasteiger charge is -2.26. The molecule has 0 aliphatic heterocycles. The van der Waals surface area contributed by atoms with Crippen molar-refractivity contribution < 1.29 is 9.90 Å². The Balaban J connectivity index is 1.92. The van der Waals surface area contributed by atoms with Gasteiger partial charge in [-0.05, 0) is 25.7 Å². The molecular weight excluding hydrogens is 204 g/mol. The second-order valence-corrected chi connectivity index (χ2v) is 4.90. The maximum atomic E-state index is 10.8. The summed E-state index contributed by atoms with van der Waals surface area (Å²) in [6.45, 7) is 0. The zero-order valence-electron chi connectivity index (χ0n) is 9.22. The van der Waals surface area contributed by atoms with Gasteiger partial charge < -0.3 is 9.67 Å². The Hall–Kier alpha value is -1.32. The molecule has 0 amide bonds. The highest BCUT2D eigenvalue weighted by atomic mass is 16.4. The third-order valence-corrected chi connectivity index (χ3v) is 3.65. The van der Waals surface area contributed by atoms with Gasteiger partial charge in [0.1, 0.15) is 12.2 Å². The van der Waals surface area contributed by atoms with E-state index in [4.69, 9.17) is 5.11 Å². The minimum Gasteiger partial charge on any atom is -0.481 e. The van der Waals surface area contributed by atoms with Gasteiger partial charge in [-0.25, -0.2) is 4.98 Å². The molecule has 4 nitrogen and oxygen atoms in total. The fourth-order valence-electron chi connectivity index (χ4n) is 2.44. The summed E-state index contributed by atoms with van der Waals surface area (Å²) in [7, 11) is 0. The average Bonchev–Trinajstić information content (AvgIpc) is 2.89. The Morgan fingerprint density at radius 3 is 2.69 bits per heavy atom. The molecule has 2 aliphatic carbocycles. The number of imidazole rings is 1. The smallest absolute Gasteiger partial charge is 0.311 e. The summed E-state index contributed by atoms with van der Waals surface area (Å²) in [5, 5.41) is 8.86. The van der Waals surface area contributed by atoms with Crippen molar-refractivity contribution in [2.24, 2.45) is 0 Å². The second kappa shape index (κ2) is 3.61. The van der Waals surface area contributed by atoms with E-state index in [1.807, 2.05) is 6.20 Å². The van der Waals surface area contributed by atoms with E-state index in [2.05, 4.69) is 9.55 Å². The molecule has 0 saturated heterocycles. The van der Waals surface area contributed by atoms with Gasteiger partial charge in [0.15, 0.2) is 0 Å². The average molecular weight is 220 g/mol. The number of carboxylic acid groups (broad SMARTS) is 1. The normalized spacial score (nSPS) is 20.8. The Bertz CT molecular complexity index is 417. The quantitative estimate of drug-likeness (QED) is 0.845. The van der Waals surface area contributed by atoms with Crippen LogP contribution in [0.25, 0.3) is 0 Å². The summed E-state index contributed by atoms with van der Waals surface area (Å²) in [5.74, 6) is 0.597. The molecule has 0 atom stereocenters. The van der Waals surface area contributed by atoms with Crippen LogP contribution in [0.1, 0.15) is 55.6 Å². The Labute approximate surface area is 94.3 Å². The zero-order chi connectivity index (χ0) is 11.1. The predicted octanol–water partition coefficient (Wildman–Crippen LogP) is 2.11. The molecular formula is C12H16N2O2. The van der Waals surface area contributed by atoms with Crippen LogP contribution in [0.3, 0.4) is 0 Å². The molecule has 1 heterocycles. The van der Waals surface area contributed by atoms with Crippen molar-refractivity contribution in [3.8, 4) is 0 Å². The van der Waals surface area contributed by atoms with Crippen molar-refractivity contribution in [3.63, 3.8) is 0 Å². The summed E-state index contributed by atoms with van der Waals surface area (Å²) < 4.78 is 2.21. The molecule has 0 radical (unpaired) electrons. The second-order valence-electron chi connectivity index (χ2n) is 4.90. The lowest BCUT2D eigenvalue weighted by Crippen LogP contribution is -2.16. The number of hydrogen-bond acceptors (Lipinski definition) is 2. The van der Waals surface area contributed by atoms with Crippen LogP contribution < -0.4 is 0 Å². The summed E-state index contributed by atoms with van der Waals surface area (Å²) in [5.41, 5.74) is 1.28. The van der Waals surface area contributed by atoms with Crippen LogP contribution in [0.2, 0.25) is 0 Å². The minimum atomic E-state index is -0.785. The number of aromatic nitrogens is 2. The standard InChI is InChI=1S/C12H16N2O2/c15-12(16)6-11-13-7-10(8-2-1-3-8)14(11)9-4-5-9/h7-9H,1-6H2,(H,15,16). The third kappa shape index (κ3) is 1.62. The molecule has 2 fully saturated rings. The molecule has 0 aromatic carbocycles. The number of carbonyl (C=O) groups is 1. The molecule has 2 saturated carbocycles. The highest BCUT2D eigenvalue weighted by molar-refractivity contribution is 5.69. The first-order valence-corrected chi connectivity index (χ1v) is 6.03. The number of nitrogens with zero attached hydrogens (tertiary/aromatic N) is 2. The van der Waals surface area contributed by atoms with Crippen molar-refractivity contribution in [2.45, 2.75) is 50.5 Å². The van der Waals surface area contributed by atoms with Gasteiger partial charge in [-0.2, -0.15) is 0 Å². The van der Waals surface area contributed by atoms with Crippen molar-refractivity contribution in [3.05, 3.63) is 17.7 Å². The summed E-state index contributed by atoms with van der Waals surface area (Å²) >= 11 is 0. The van der Waals surface area contributed by atoms with Crippen LogP contribution in [-0.4, -0.2) is 20.6 Å². The van der Waals surface area contributed by atoms with Gasteiger partial charge >= 0.3 is 5.97 Å². The fourth-order valence-corrected chi connectivity index (χ4v) is 2.44. The van der Waals surface area contributed by atoms with Gasteiger partial charge in [-0.3, -0.25) is 4.79 Å². The lowest BCUT2D eigenvalue weighted by atomic mass is 9.83. The van der Waals surface area contributed by atoms with E-state index < -0.39 is 5.97 Å². The van der Waals surface area contributed by atoms with Crippen LogP contribution in [0.5, 0.6) is 0 Å². The van der Waals surface area contributed by atoms with Gasteiger partial charge in [-0.15, -0.1) is 0 Å². The first kappa shape index (κ1) is 9.87. The SMILES string of the molecule is O=C(O)Cc1ncc(C2CCC2)n1C1CC1. The highest BCUT2D eigenvalue weighted by Crippen LogP contribution is 2.43. The summed E-state index contributed by atoms with van der Waals surface area (Å²) in [6, 6.07) is 0.535. The van der Waals surface area contributed by atoms with Crippen LogP contribution in [0, 0.1) is 0 Å². The van der Waals surface area contributed by atoms with E-state index in [-0.39, 0.29) is 6.42 Å². The van der Waals surface area contributed by atoms with Crippen molar-refractivity contribution in [1.29, 1.82) is 0 Å². The molecule has 0 bridgehead atoms. The third-order valence-electron chi connectivity index (χ3n) is 3.65. The van der Waals surface area contributed by atoms with Crippen molar-refractivity contribution >= 4 is 5.97 Å². The largest absolute Gasteiger partial charge is 0.481 e. The molecule has 0 unspecified atom stereocenters. The highest BCUT2D eigenvalue weighted by Gasteiger charge is 2.32.